The molecule has 108 valence electrons. The number of aryl methyl sites for hydroxylation is 2. The zero-order chi connectivity index (χ0) is 15.1. The zero-order valence-electron chi connectivity index (χ0n) is 11.4. The smallest absolute Gasteiger partial charge is 0.267 e. The van der Waals surface area contributed by atoms with E-state index in [1.165, 1.54) is 10.7 Å². The molecule has 4 N–H and O–H groups in total. The maximum atomic E-state index is 12.3. The van der Waals surface area contributed by atoms with Crippen molar-refractivity contribution in [3.05, 3.63) is 29.5 Å². The Balaban J connectivity index is 2.43. The van der Waals surface area contributed by atoms with Gasteiger partial charge in [-0.1, -0.05) is 6.07 Å². The molecule has 7 nitrogen and oxygen atoms in total. The first kappa shape index (κ1) is 14.2. The minimum atomic E-state index is -3.85. The van der Waals surface area contributed by atoms with Crippen LogP contribution >= 0.6 is 0 Å². The van der Waals surface area contributed by atoms with Gasteiger partial charge in [-0.05, 0) is 25.5 Å². The van der Waals surface area contributed by atoms with Crippen molar-refractivity contribution in [3.8, 4) is 5.75 Å². The van der Waals surface area contributed by atoms with Crippen LogP contribution in [0.25, 0.3) is 0 Å². The number of anilines is 2. The number of hydrogen-bond acceptors (Lipinski definition) is 5. The molecule has 0 fully saturated rings. The standard InChI is InChI=1S/C12H16N4O3S/c1-7-4-5-9(6-10(7)17)15-20(18,19)11-8(2)16(3)14-12(11)13/h4-6,15,17H,1-3H3,(H2,13,14). The van der Waals surface area contributed by atoms with Gasteiger partial charge in [0.15, 0.2) is 10.7 Å². The number of nitrogens with two attached hydrogens (primary N) is 1. The van der Waals surface area contributed by atoms with Crippen molar-refractivity contribution >= 4 is 21.5 Å². The molecule has 0 bridgehead atoms. The molecule has 0 aliphatic carbocycles. The van der Waals surface area contributed by atoms with Gasteiger partial charge in [-0.3, -0.25) is 9.40 Å². The van der Waals surface area contributed by atoms with Crippen molar-refractivity contribution < 1.29 is 13.5 Å². The van der Waals surface area contributed by atoms with Crippen LogP contribution in [-0.4, -0.2) is 23.3 Å². The second-order valence-electron chi connectivity index (χ2n) is 4.53. The maximum absolute atomic E-state index is 12.3. The van der Waals surface area contributed by atoms with Crippen molar-refractivity contribution in [2.75, 3.05) is 10.5 Å². The molecule has 2 rings (SSSR count). The van der Waals surface area contributed by atoms with Gasteiger partial charge in [0, 0.05) is 13.1 Å². The first-order chi connectivity index (χ1) is 9.22. The Morgan fingerprint density at radius 3 is 2.50 bits per heavy atom. The molecule has 0 amide bonds. The molecule has 8 heteroatoms. The van der Waals surface area contributed by atoms with Gasteiger partial charge in [-0.2, -0.15) is 5.10 Å². The number of hydrogen-bond donors (Lipinski definition) is 3. The van der Waals surface area contributed by atoms with Crippen LogP contribution in [0.4, 0.5) is 11.5 Å². The highest BCUT2D eigenvalue weighted by molar-refractivity contribution is 7.93. The van der Waals surface area contributed by atoms with Gasteiger partial charge in [0.2, 0.25) is 0 Å². The number of aromatic nitrogens is 2. The summed E-state index contributed by atoms with van der Waals surface area (Å²) in [5, 5.41) is 13.5. The summed E-state index contributed by atoms with van der Waals surface area (Å²) in [4.78, 5) is -0.0555. The Morgan fingerprint density at radius 1 is 1.35 bits per heavy atom. The summed E-state index contributed by atoms with van der Waals surface area (Å²) in [5.74, 6) is -0.0464. The molecule has 0 radical (unpaired) electrons. The Bertz CT molecular complexity index is 765. The van der Waals surface area contributed by atoms with Crippen molar-refractivity contribution in [2.45, 2.75) is 18.7 Å². The highest BCUT2D eigenvalue weighted by Crippen LogP contribution is 2.26. The van der Waals surface area contributed by atoms with Crippen LogP contribution in [-0.2, 0) is 17.1 Å². The molecule has 1 heterocycles. The topological polar surface area (TPSA) is 110 Å². The number of nitrogen functional groups attached to an aromatic ring is 1. The highest BCUT2D eigenvalue weighted by Gasteiger charge is 2.24. The van der Waals surface area contributed by atoms with Crippen LogP contribution in [0.2, 0.25) is 0 Å². The molecular formula is C12H16N4O3S. The fourth-order valence-corrected chi connectivity index (χ4v) is 3.20. The lowest BCUT2D eigenvalue weighted by Crippen LogP contribution is -2.15. The minimum Gasteiger partial charge on any atom is -0.508 e. The van der Waals surface area contributed by atoms with E-state index in [9.17, 15) is 13.5 Å². The largest absolute Gasteiger partial charge is 0.508 e. The van der Waals surface area contributed by atoms with Gasteiger partial charge in [0.25, 0.3) is 10.0 Å². The first-order valence-electron chi connectivity index (χ1n) is 5.84. The van der Waals surface area contributed by atoms with E-state index in [1.54, 1.807) is 33.0 Å². The lowest BCUT2D eigenvalue weighted by Gasteiger charge is -2.09. The summed E-state index contributed by atoms with van der Waals surface area (Å²) in [5.41, 5.74) is 6.99. The lowest BCUT2D eigenvalue weighted by atomic mass is 10.2. The molecule has 0 atom stereocenters. The number of benzene rings is 1. The monoisotopic (exact) mass is 296 g/mol. The molecule has 0 saturated carbocycles. The number of aromatic hydroxyl groups is 1. The summed E-state index contributed by atoms with van der Waals surface area (Å²) in [6, 6.07) is 4.52. The van der Waals surface area contributed by atoms with Crippen molar-refractivity contribution in [2.24, 2.45) is 7.05 Å². The molecule has 0 aliphatic heterocycles. The summed E-state index contributed by atoms with van der Waals surface area (Å²) < 4.78 is 28.4. The second-order valence-corrected chi connectivity index (χ2v) is 6.15. The van der Waals surface area contributed by atoms with Crippen LogP contribution in [0.5, 0.6) is 5.75 Å². The van der Waals surface area contributed by atoms with Crippen LogP contribution < -0.4 is 10.5 Å². The van der Waals surface area contributed by atoms with Gasteiger partial charge in [0.1, 0.15) is 5.75 Å². The normalized spacial score (nSPS) is 11.6. The molecular weight excluding hydrogens is 280 g/mol. The molecule has 2 aromatic rings. The Kier molecular flexibility index (Phi) is 3.34. The molecule has 0 spiro atoms. The van der Waals surface area contributed by atoms with Crippen molar-refractivity contribution in [1.82, 2.24) is 9.78 Å². The molecule has 0 unspecified atom stereocenters. The Hall–Kier alpha value is -2.22. The number of rotatable bonds is 3. The van der Waals surface area contributed by atoms with Crippen molar-refractivity contribution in [3.63, 3.8) is 0 Å². The number of phenolic OH excluding ortho intramolecular Hbond substituents is 1. The van der Waals surface area contributed by atoms with E-state index in [1.807, 2.05) is 0 Å². The van der Waals surface area contributed by atoms with Gasteiger partial charge < -0.3 is 10.8 Å². The number of phenols is 1. The zero-order valence-corrected chi connectivity index (χ0v) is 12.2. The van der Waals surface area contributed by atoms with Crippen LogP contribution in [0.3, 0.4) is 0 Å². The SMILES string of the molecule is Cc1ccc(NS(=O)(=O)c2c(N)nn(C)c2C)cc1O. The molecule has 0 saturated heterocycles. The van der Waals surface area contributed by atoms with Crippen LogP contribution in [0.1, 0.15) is 11.3 Å². The summed E-state index contributed by atoms with van der Waals surface area (Å²) in [7, 11) is -2.24. The third-order valence-corrected chi connectivity index (χ3v) is 4.58. The predicted octanol–water partition coefficient (Wildman–Crippen LogP) is 1.13. The van der Waals surface area contributed by atoms with E-state index in [4.69, 9.17) is 5.73 Å². The van der Waals surface area contributed by atoms with E-state index >= 15 is 0 Å². The van der Waals surface area contributed by atoms with Gasteiger partial charge in [0.05, 0.1) is 11.4 Å². The fourth-order valence-electron chi connectivity index (χ4n) is 1.83. The number of nitrogens with zero attached hydrogens (tertiary/aromatic N) is 2. The average Bonchev–Trinajstić information content (AvgIpc) is 2.58. The summed E-state index contributed by atoms with van der Waals surface area (Å²) in [6.45, 7) is 3.33. The van der Waals surface area contributed by atoms with E-state index in [0.717, 1.165) is 0 Å². The van der Waals surface area contributed by atoms with Crippen molar-refractivity contribution in [1.29, 1.82) is 0 Å². The maximum Gasteiger partial charge on any atom is 0.267 e. The third-order valence-electron chi connectivity index (χ3n) is 3.03. The molecule has 0 aliphatic rings. The van der Waals surface area contributed by atoms with Crippen LogP contribution in [0.15, 0.2) is 23.1 Å². The Labute approximate surface area is 117 Å². The lowest BCUT2D eigenvalue weighted by molar-refractivity contribution is 0.471. The quantitative estimate of drug-likeness (QED) is 0.786. The van der Waals surface area contributed by atoms with Gasteiger partial charge >= 0.3 is 0 Å². The van der Waals surface area contributed by atoms with Gasteiger partial charge in [-0.25, -0.2) is 8.42 Å². The third kappa shape index (κ3) is 2.42. The second kappa shape index (κ2) is 4.71. The Morgan fingerprint density at radius 2 is 2.00 bits per heavy atom. The minimum absolute atomic E-state index is 0.0149. The van der Waals surface area contributed by atoms with Gasteiger partial charge in [-0.15, -0.1) is 0 Å². The fraction of sp³-hybridized carbons (Fsp3) is 0.250. The van der Waals surface area contributed by atoms with Crippen LogP contribution in [0, 0.1) is 13.8 Å². The molecule has 20 heavy (non-hydrogen) atoms. The van der Waals surface area contributed by atoms with E-state index in [0.29, 0.717) is 11.3 Å². The van der Waals surface area contributed by atoms with E-state index in [2.05, 4.69) is 9.82 Å². The molecule has 1 aromatic heterocycles. The summed E-state index contributed by atoms with van der Waals surface area (Å²) in [6.07, 6.45) is 0. The predicted molar refractivity (Wildman–Crippen MR) is 76.0 cm³/mol. The number of sulfonamides is 1. The van der Waals surface area contributed by atoms with E-state index in [-0.39, 0.29) is 22.2 Å². The van der Waals surface area contributed by atoms with E-state index < -0.39 is 10.0 Å². The molecule has 1 aromatic carbocycles. The highest BCUT2D eigenvalue weighted by atomic mass is 32.2. The number of nitrogens with one attached hydrogen (secondary N) is 1. The average molecular weight is 296 g/mol. The summed E-state index contributed by atoms with van der Waals surface area (Å²) >= 11 is 0. The first-order valence-corrected chi connectivity index (χ1v) is 7.32.